The van der Waals surface area contributed by atoms with Crippen molar-refractivity contribution in [3.63, 3.8) is 0 Å². The number of anilines is 1. The van der Waals surface area contributed by atoms with Gasteiger partial charge in [0, 0.05) is 28.8 Å². The highest BCUT2D eigenvalue weighted by molar-refractivity contribution is 5.85. The number of fused-ring (bicyclic) bond motifs is 1. The van der Waals surface area contributed by atoms with Crippen molar-refractivity contribution in [3.8, 4) is 23.0 Å². The lowest BCUT2D eigenvalue weighted by Crippen LogP contribution is -2.11. The largest absolute Gasteiger partial charge is 0.416 e. The molecule has 4 rings (SSSR count). The number of nitrogens with zero attached hydrogens (tertiary/aromatic N) is 2. The van der Waals surface area contributed by atoms with Crippen LogP contribution in [0.1, 0.15) is 36.2 Å². The van der Waals surface area contributed by atoms with E-state index >= 15 is 0 Å². The van der Waals surface area contributed by atoms with E-state index in [1.165, 1.54) is 12.1 Å². The number of benzene rings is 2. The molecule has 0 aliphatic heterocycles. The Morgan fingerprint density at radius 1 is 0.879 bits per heavy atom. The van der Waals surface area contributed by atoms with Gasteiger partial charge in [0.15, 0.2) is 0 Å². The Kier molecular flexibility index (Phi) is 6.06. The van der Waals surface area contributed by atoms with E-state index in [9.17, 15) is 13.2 Å². The number of halogens is 3. The number of aromatic nitrogens is 2. The van der Waals surface area contributed by atoms with Gasteiger partial charge >= 0.3 is 6.18 Å². The fourth-order valence-electron chi connectivity index (χ4n) is 3.47. The van der Waals surface area contributed by atoms with E-state index in [1.54, 1.807) is 18.3 Å². The zero-order chi connectivity index (χ0) is 23.6. The lowest BCUT2D eigenvalue weighted by atomic mass is 10.0. The van der Waals surface area contributed by atoms with Crippen molar-refractivity contribution in [2.45, 2.75) is 33.0 Å². The van der Waals surface area contributed by atoms with Gasteiger partial charge in [-0.25, -0.2) is 9.97 Å². The molecule has 33 heavy (non-hydrogen) atoms. The topological polar surface area (TPSA) is 37.8 Å². The van der Waals surface area contributed by atoms with Crippen LogP contribution in [0.3, 0.4) is 0 Å². The molecule has 2 heterocycles. The van der Waals surface area contributed by atoms with Gasteiger partial charge in [0.25, 0.3) is 0 Å². The first kappa shape index (κ1) is 22.3. The van der Waals surface area contributed by atoms with Gasteiger partial charge in [0.1, 0.15) is 11.5 Å². The Morgan fingerprint density at radius 2 is 1.61 bits per heavy atom. The van der Waals surface area contributed by atoms with Crippen molar-refractivity contribution in [1.82, 2.24) is 9.97 Å². The van der Waals surface area contributed by atoms with E-state index in [2.05, 4.69) is 41.0 Å². The van der Waals surface area contributed by atoms with E-state index in [0.717, 1.165) is 45.5 Å². The average molecular weight is 445 g/mol. The number of nitrogens with one attached hydrogen (secondary N) is 1. The van der Waals surface area contributed by atoms with Crippen molar-refractivity contribution in [2.75, 3.05) is 5.32 Å². The summed E-state index contributed by atoms with van der Waals surface area (Å²) in [5.74, 6) is 7.03. The highest BCUT2D eigenvalue weighted by atomic mass is 19.4. The summed E-state index contributed by atoms with van der Waals surface area (Å²) >= 11 is 0. The molecule has 0 bridgehead atoms. The van der Waals surface area contributed by atoms with Gasteiger partial charge in [-0.2, -0.15) is 13.2 Å². The molecule has 2 aromatic carbocycles. The first-order valence-electron chi connectivity index (χ1n) is 10.5. The number of aryl methyl sites for hydroxylation is 1. The summed E-state index contributed by atoms with van der Waals surface area (Å²) in [5.41, 5.74) is 4.18. The van der Waals surface area contributed by atoms with E-state index in [1.807, 2.05) is 31.2 Å². The smallest absolute Gasteiger partial charge is 0.368 e. The van der Waals surface area contributed by atoms with Gasteiger partial charge in [-0.1, -0.05) is 24.1 Å². The monoisotopic (exact) mass is 445 g/mol. The van der Waals surface area contributed by atoms with Crippen molar-refractivity contribution in [3.05, 3.63) is 89.2 Å². The van der Waals surface area contributed by atoms with E-state index in [0.29, 0.717) is 17.3 Å². The molecule has 0 aliphatic rings. The molecule has 3 nitrogen and oxygen atoms in total. The first-order chi connectivity index (χ1) is 15.7. The maximum atomic E-state index is 12.7. The molecule has 0 spiro atoms. The molecule has 0 atom stereocenters. The second-order valence-electron chi connectivity index (χ2n) is 8.11. The number of pyridine rings is 2. The van der Waals surface area contributed by atoms with Crippen molar-refractivity contribution < 1.29 is 13.2 Å². The van der Waals surface area contributed by atoms with Gasteiger partial charge in [-0.3, -0.25) is 0 Å². The predicted molar refractivity (Wildman–Crippen MR) is 126 cm³/mol. The quantitative estimate of drug-likeness (QED) is 0.351. The molecule has 0 fully saturated rings. The molecule has 6 heteroatoms. The van der Waals surface area contributed by atoms with Crippen LogP contribution in [-0.2, 0) is 6.18 Å². The molecule has 166 valence electrons. The molecule has 4 aromatic rings. The van der Waals surface area contributed by atoms with Gasteiger partial charge in [-0.15, -0.1) is 0 Å². The number of alkyl halides is 3. The minimum Gasteiger partial charge on any atom is -0.368 e. The number of rotatable bonds is 3. The highest BCUT2D eigenvalue weighted by Crippen LogP contribution is 2.30. The summed E-state index contributed by atoms with van der Waals surface area (Å²) in [4.78, 5) is 9.00. The third kappa shape index (κ3) is 5.32. The van der Waals surface area contributed by atoms with Gasteiger partial charge in [0.05, 0.1) is 11.1 Å². The van der Waals surface area contributed by atoms with E-state index in [4.69, 9.17) is 0 Å². The Bertz CT molecular complexity index is 1340. The summed E-state index contributed by atoms with van der Waals surface area (Å²) < 4.78 is 38.2. The van der Waals surface area contributed by atoms with Gasteiger partial charge in [0.2, 0.25) is 0 Å². The molecule has 1 N–H and O–H groups in total. The van der Waals surface area contributed by atoms with Crippen LogP contribution in [0, 0.1) is 18.8 Å². The zero-order valence-corrected chi connectivity index (χ0v) is 18.5. The molecular weight excluding hydrogens is 423 g/mol. The standard InChI is InChI=1S/C27H22F3N3/c1-17(2)32-26-14-18(3)24-15-19(5-13-25(24)33-26)4-11-23-12-8-21(16-31-23)20-6-9-22(10-7-20)27(28,29)30/h5-10,12-17H,1-3H3,(H,32,33). The van der Waals surface area contributed by atoms with Crippen LogP contribution in [0.15, 0.2) is 66.9 Å². The Morgan fingerprint density at radius 3 is 2.24 bits per heavy atom. The van der Waals surface area contributed by atoms with Gasteiger partial charge < -0.3 is 5.32 Å². The number of hydrogen-bond donors (Lipinski definition) is 1. The van der Waals surface area contributed by atoms with E-state index < -0.39 is 11.7 Å². The third-order valence-corrected chi connectivity index (χ3v) is 5.10. The Hall–Kier alpha value is -3.85. The molecule has 0 amide bonds. The summed E-state index contributed by atoms with van der Waals surface area (Å²) in [7, 11) is 0. The van der Waals surface area contributed by atoms with Crippen molar-refractivity contribution in [1.29, 1.82) is 0 Å². The fraction of sp³-hybridized carbons (Fsp3) is 0.185. The predicted octanol–water partition coefficient (Wildman–Crippen LogP) is 6.84. The zero-order valence-electron chi connectivity index (χ0n) is 18.5. The van der Waals surface area contributed by atoms with Crippen molar-refractivity contribution in [2.24, 2.45) is 0 Å². The summed E-state index contributed by atoms with van der Waals surface area (Å²) in [6.45, 7) is 6.20. The molecule has 0 unspecified atom stereocenters. The van der Waals surface area contributed by atoms with Crippen LogP contribution in [0.5, 0.6) is 0 Å². The summed E-state index contributed by atoms with van der Waals surface area (Å²) in [6, 6.07) is 16.8. The lowest BCUT2D eigenvalue weighted by molar-refractivity contribution is -0.137. The van der Waals surface area contributed by atoms with Crippen LogP contribution < -0.4 is 5.32 Å². The molecule has 0 saturated carbocycles. The lowest BCUT2D eigenvalue weighted by Gasteiger charge is -2.11. The molecular formula is C27H22F3N3. The van der Waals surface area contributed by atoms with Crippen molar-refractivity contribution >= 4 is 16.7 Å². The SMILES string of the molecule is Cc1cc(NC(C)C)nc2ccc(C#Cc3ccc(-c4ccc(C(F)(F)F)cc4)cn3)cc12. The minimum absolute atomic E-state index is 0.303. The second-order valence-corrected chi connectivity index (χ2v) is 8.11. The molecule has 0 radical (unpaired) electrons. The van der Waals surface area contributed by atoms with E-state index in [-0.39, 0.29) is 0 Å². The maximum absolute atomic E-state index is 12.7. The minimum atomic E-state index is -4.35. The number of hydrogen-bond acceptors (Lipinski definition) is 3. The molecule has 2 aromatic heterocycles. The third-order valence-electron chi connectivity index (χ3n) is 5.10. The maximum Gasteiger partial charge on any atom is 0.416 e. The first-order valence-corrected chi connectivity index (χ1v) is 10.5. The van der Waals surface area contributed by atoms with Crippen LogP contribution in [0.4, 0.5) is 19.0 Å². The van der Waals surface area contributed by atoms with Gasteiger partial charge in [-0.05, 0) is 80.3 Å². The Balaban J connectivity index is 1.54. The summed E-state index contributed by atoms with van der Waals surface area (Å²) in [5, 5.41) is 4.37. The fourth-order valence-corrected chi connectivity index (χ4v) is 3.47. The van der Waals surface area contributed by atoms with Crippen LogP contribution in [-0.4, -0.2) is 16.0 Å². The average Bonchev–Trinajstić information content (AvgIpc) is 2.77. The molecule has 0 saturated heterocycles. The highest BCUT2D eigenvalue weighted by Gasteiger charge is 2.29. The van der Waals surface area contributed by atoms with Crippen LogP contribution >= 0.6 is 0 Å². The van der Waals surface area contributed by atoms with Crippen LogP contribution in [0.25, 0.3) is 22.0 Å². The normalized spacial score (nSPS) is 11.4. The van der Waals surface area contributed by atoms with Crippen LogP contribution in [0.2, 0.25) is 0 Å². The summed E-state index contributed by atoms with van der Waals surface area (Å²) in [6.07, 6.45) is -2.73. The second kappa shape index (κ2) is 8.95. The Labute approximate surface area is 190 Å². The molecule has 0 aliphatic carbocycles.